The first-order chi connectivity index (χ1) is 9.20. The largest absolute Gasteiger partial charge is 0.494 e. The molecule has 0 atom stereocenters. The van der Waals surface area contributed by atoms with Crippen LogP contribution in [-0.2, 0) is 6.54 Å². The van der Waals surface area contributed by atoms with Crippen molar-refractivity contribution in [2.24, 2.45) is 0 Å². The first-order valence-corrected chi connectivity index (χ1v) is 6.57. The van der Waals surface area contributed by atoms with E-state index in [-0.39, 0.29) is 0 Å². The number of rotatable bonds is 6. The number of hydrogen-bond acceptors (Lipinski definition) is 4. The SMILES string of the molecule is CCOc1cccc(-n2nncc2CNC(C)C)c1. The fourth-order valence-electron chi connectivity index (χ4n) is 1.77. The summed E-state index contributed by atoms with van der Waals surface area (Å²) in [6.45, 7) is 7.60. The lowest BCUT2D eigenvalue weighted by Crippen LogP contribution is -2.23. The number of nitrogens with one attached hydrogen (secondary N) is 1. The molecule has 5 nitrogen and oxygen atoms in total. The molecule has 5 heteroatoms. The molecule has 0 aliphatic rings. The number of nitrogens with zero attached hydrogens (tertiary/aromatic N) is 3. The van der Waals surface area contributed by atoms with Gasteiger partial charge in [-0.15, -0.1) is 5.10 Å². The molecular formula is C14H20N4O. The maximum atomic E-state index is 5.51. The van der Waals surface area contributed by atoms with Crippen LogP contribution in [0.15, 0.2) is 30.5 Å². The lowest BCUT2D eigenvalue weighted by Gasteiger charge is -2.10. The molecule has 1 N–H and O–H groups in total. The molecule has 0 saturated heterocycles. The van der Waals surface area contributed by atoms with E-state index in [9.17, 15) is 0 Å². The Hall–Kier alpha value is -1.88. The zero-order valence-electron chi connectivity index (χ0n) is 11.6. The van der Waals surface area contributed by atoms with E-state index in [1.165, 1.54) is 0 Å². The Kier molecular flexibility index (Phi) is 4.52. The average molecular weight is 260 g/mol. The van der Waals surface area contributed by atoms with Crippen LogP contribution in [0.4, 0.5) is 0 Å². The van der Waals surface area contributed by atoms with Crippen LogP contribution in [0.3, 0.4) is 0 Å². The third-order valence-electron chi connectivity index (χ3n) is 2.68. The predicted octanol–water partition coefficient (Wildman–Crippen LogP) is 2.16. The molecular weight excluding hydrogens is 240 g/mol. The highest BCUT2D eigenvalue weighted by atomic mass is 16.5. The maximum Gasteiger partial charge on any atom is 0.121 e. The summed E-state index contributed by atoms with van der Waals surface area (Å²) in [5.41, 5.74) is 1.99. The highest BCUT2D eigenvalue weighted by Gasteiger charge is 2.07. The summed E-state index contributed by atoms with van der Waals surface area (Å²) in [4.78, 5) is 0. The third-order valence-corrected chi connectivity index (χ3v) is 2.68. The van der Waals surface area contributed by atoms with Crippen LogP contribution >= 0.6 is 0 Å². The van der Waals surface area contributed by atoms with Crippen molar-refractivity contribution in [3.63, 3.8) is 0 Å². The van der Waals surface area contributed by atoms with E-state index in [1.54, 1.807) is 6.20 Å². The second-order valence-electron chi connectivity index (χ2n) is 4.60. The molecule has 2 rings (SSSR count). The Bertz CT molecular complexity index is 522. The van der Waals surface area contributed by atoms with Crippen molar-refractivity contribution in [1.82, 2.24) is 20.3 Å². The fourth-order valence-corrected chi connectivity index (χ4v) is 1.77. The topological polar surface area (TPSA) is 52.0 Å². The van der Waals surface area contributed by atoms with E-state index in [2.05, 4.69) is 29.5 Å². The van der Waals surface area contributed by atoms with Crippen LogP contribution in [-0.4, -0.2) is 27.6 Å². The van der Waals surface area contributed by atoms with E-state index in [0.29, 0.717) is 12.6 Å². The highest BCUT2D eigenvalue weighted by Crippen LogP contribution is 2.17. The monoisotopic (exact) mass is 260 g/mol. The minimum Gasteiger partial charge on any atom is -0.494 e. The molecule has 0 aliphatic heterocycles. The quantitative estimate of drug-likeness (QED) is 0.864. The first-order valence-electron chi connectivity index (χ1n) is 6.57. The summed E-state index contributed by atoms with van der Waals surface area (Å²) in [7, 11) is 0. The molecule has 1 heterocycles. The molecule has 102 valence electrons. The molecule has 0 unspecified atom stereocenters. The van der Waals surface area contributed by atoms with Gasteiger partial charge in [0.15, 0.2) is 0 Å². The standard InChI is InChI=1S/C14H20N4O/c1-4-19-14-7-5-6-12(8-14)18-13(10-16-17-18)9-15-11(2)3/h5-8,10-11,15H,4,9H2,1-3H3. The third kappa shape index (κ3) is 3.54. The van der Waals surface area contributed by atoms with Gasteiger partial charge in [0.25, 0.3) is 0 Å². The lowest BCUT2D eigenvalue weighted by molar-refractivity contribution is 0.340. The summed E-state index contributed by atoms with van der Waals surface area (Å²) in [6, 6.07) is 8.29. The van der Waals surface area contributed by atoms with Crippen LogP contribution in [0.25, 0.3) is 5.69 Å². The van der Waals surface area contributed by atoms with Crippen molar-refractivity contribution in [2.45, 2.75) is 33.4 Å². The predicted molar refractivity (Wildman–Crippen MR) is 74.5 cm³/mol. The number of aromatic nitrogens is 3. The molecule has 0 amide bonds. The van der Waals surface area contributed by atoms with Crippen molar-refractivity contribution in [2.75, 3.05) is 6.61 Å². The summed E-state index contributed by atoms with van der Waals surface area (Å²) in [5.74, 6) is 0.846. The molecule has 1 aromatic carbocycles. The lowest BCUT2D eigenvalue weighted by atomic mass is 10.3. The summed E-state index contributed by atoms with van der Waals surface area (Å²) in [5, 5.41) is 11.5. The Labute approximate surface area is 113 Å². The van der Waals surface area contributed by atoms with Crippen molar-refractivity contribution in [1.29, 1.82) is 0 Å². The van der Waals surface area contributed by atoms with Gasteiger partial charge in [-0.1, -0.05) is 25.1 Å². The van der Waals surface area contributed by atoms with E-state index in [4.69, 9.17) is 4.74 Å². The van der Waals surface area contributed by atoms with Gasteiger partial charge in [-0.05, 0) is 19.1 Å². The van der Waals surface area contributed by atoms with Crippen molar-refractivity contribution in [3.05, 3.63) is 36.2 Å². The minimum atomic E-state index is 0.429. The number of ether oxygens (including phenoxy) is 1. The van der Waals surface area contributed by atoms with Gasteiger partial charge in [-0.2, -0.15) is 0 Å². The van der Waals surface area contributed by atoms with Crippen molar-refractivity contribution >= 4 is 0 Å². The molecule has 0 aliphatic carbocycles. The minimum absolute atomic E-state index is 0.429. The Morgan fingerprint density at radius 3 is 2.95 bits per heavy atom. The molecule has 2 aromatic rings. The summed E-state index contributed by atoms with van der Waals surface area (Å²) < 4.78 is 7.34. The summed E-state index contributed by atoms with van der Waals surface area (Å²) in [6.07, 6.45) is 1.78. The molecule has 0 radical (unpaired) electrons. The fraction of sp³-hybridized carbons (Fsp3) is 0.429. The van der Waals surface area contributed by atoms with E-state index in [0.717, 1.165) is 23.7 Å². The second kappa shape index (κ2) is 6.33. The Morgan fingerprint density at radius 2 is 2.21 bits per heavy atom. The zero-order chi connectivity index (χ0) is 13.7. The van der Waals surface area contributed by atoms with Crippen LogP contribution in [0, 0.1) is 0 Å². The van der Waals surface area contributed by atoms with Gasteiger partial charge in [0.05, 0.1) is 24.2 Å². The number of hydrogen-bond donors (Lipinski definition) is 1. The van der Waals surface area contributed by atoms with Gasteiger partial charge in [0, 0.05) is 18.7 Å². The van der Waals surface area contributed by atoms with Crippen molar-refractivity contribution in [3.8, 4) is 11.4 Å². The van der Waals surface area contributed by atoms with Gasteiger partial charge in [-0.25, -0.2) is 4.68 Å². The van der Waals surface area contributed by atoms with Crippen molar-refractivity contribution < 1.29 is 4.74 Å². The van der Waals surface area contributed by atoms with Gasteiger partial charge in [0.1, 0.15) is 5.75 Å². The average Bonchev–Trinajstić information content (AvgIpc) is 2.85. The van der Waals surface area contributed by atoms with Gasteiger partial charge in [-0.3, -0.25) is 0 Å². The number of benzene rings is 1. The van der Waals surface area contributed by atoms with Gasteiger partial charge in [0.2, 0.25) is 0 Å². The Balaban J connectivity index is 2.21. The molecule has 0 spiro atoms. The Morgan fingerprint density at radius 1 is 1.37 bits per heavy atom. The molecule has 1 aromatic heterocycles. The maximum absolute atomic E-state index is 5.51. The highest BCUT2D eigenvalue weighted by molar-refractivity contribution is 5.39. The first kappa shape index (κ1) is 13.5. The molecule has 0 saturated carbocycles. The van der Waals surface area contributed by atoms with Crippen LogP contribution < -0.4 is 10.1 Å². The smallest absolute Gasteiger partial charge is 0.121 e. The molecule has 19 heavy (non-hydrogen) atoms. The summed E-state index contributed by atoms with van der Waals surface area (Å²) >= 11 is 0. The normalized spacial score (nSPS) is 10.9. The van der Waals surface area contributed by atoms with E-state index >= 15 is 0 Å². The van der Waals surface area contributed by atoms with Crippen LogP contribution in [0.5, 0.6) is 5.75 Å². The van der Waals surface area contributed by atoms with Gasteiger partial charge >= 0.3 is 0 Å². The molecule has 0 fully saturated rings. The molecule has 0 bridgehead atoms. The second-order valence-corrected chi connectivity index (χ2v) is 4.60. The zero-order valence-corrected chi connectivity index (χ0v) is 11.6. The van der Waals surface area contributed by atoms with Crippen LogP contribution in [0.1, 0.15) is 26.5 Å². The van der Waals surface area contributed by atoms with E-state index < -0.39 is 0 Å². The van der Waals surface area contributed by atoms with E-state index in [1.807, 2.05) is 35.9 Å². The van der Waals surface area contributed by atoms with Crippen LogP contribution in [0.2, 0.25) is 0 Å². The van der Waals surface area contributed by atoms with Gasteiger partial charge < -0.3 is 10.1 Å².